The lowest BCUT2D eigenvalue weighted by atomic mass is 9.80. The Morgan fingerprint density at radius 2 is 1.41 bits per heavy atom. The fourth-order valence-electron chi connectivity index (χ4n) is 6.19. The molecule has 0 unspecified atom stereocenters. The predicted molar refractivity (Wildman–Crippen MR) is 164 cm³/mol. The molecule has 1 aromatic heterocycles. The fraction of sp³-hybridized carbons (Fsp3) is 0.531. The Morgan fingerprint density at radius 1 is 0.837 bits per heavy atom. The molecule has 0 bridgehead atoms. The van der Waals surface area contributed by atoms with Crippen molar-refractivity contribution in [2.45, 2.75) is 84.5 Å². The minimum absolute atomic E-state index is 0. The van der Waals surface area contributed by atoms with E-state index < -0.39 is 59.8 Å². The van der Waals surface area contributed by atoms with Crippen LogP contribution < -0.4 is 9.80 Å². The van der Waals surface area contributed by atoms with Gasteiger partial charge in [-0.25, -0.2) is 0 Å². The highest BCUT2D eigenvalue weighted by Crippen LogP contribution is 2.40. The summed E-state index contributed by atoms with van der Waals surface area (Å²) in [4.78, 5) is 18.3. The molecule has 0 amide bonds. The van der Waals surface area contributed by atoms with Gasteiger partial charge in [0.25, 0.3) is 5.95 Å². The van der Waals surface area contributed by atoms with Crippen LogP contribution in [0, 0.1) is 25.7 Å². The zero-order chi connectivity index (χ0) is 35.6. The lowest BCUT2D eigenvalue weighted by Crippen LogP contribution is -2.33. The maximum absolute atomic E-state index is 14.1. The van der Waals surface area contributed by atoms with Crippen LogP contribution in [0.15, 0.2) is 34.9 Å². The Morgan fingerprint density at radius 3 is 1.88 bits per heavy atom. The maximum atomic E-state index is 14.1. The number of alkyl halides is 9. The van der Waals surface area contributed by atoms with Crippen molar-refractivity contribution in [1.29, 1.82) is 0 Å². The van der Waals surface area contributed by atoms with E-state index in [4.69, 9.17) is 9.63 Å². The number of aryl methyl sites for hydroxylation is 2. The second-order valence-electron chi connectivity index (χ2n) is 12.2. The number of hydrogen-bond donors (Lipinski definition) is 1. The van der Waals surface area contributed by atoms with Gasteiger partial charge in [0, 0.05) is 45.2 Å². The predicted octanol–water partition coefficient (Wildman–Crippen LogP) is 9.48. The third-order valence-electron chi connectivity index (χ3n) is 8.54. The molecule has 0 atom stereocenters. The summed E-state index contributed by atoms with van der Waals surface area (Å²) in [5, 5.41) is 12.9. The SMILES string of the molecule is CCN(CC1CCC(CC(=O)O)CC1)c1cc(C)c(C(F)(F)F)cc1CN(Cc1cc(C(F)(F)F)cc(C(F)(F)F)c1)c1noc(C)n1.Cl. The number of carboxylic acids is 1. The van der Waals surface area contributed by atoms with Crippen LogP contribution in [0.4, 0.5) is 51.1 Å². The molecule has 0 saturated heterocycles. The van der Waals surface area contributed by atoms with Crippen molar-refractivity contribution in [2.24, 2.45) is 11.8 Å². The molecule has 0 aliphatic heterocycles. The summed E-state index contributed by atoms with van der Waals surface area (Å²) in [7, 11) is 0. The number of aliphatic carboxylic acids is 1. The largest absolute Gasteiger partial charge is 0.481 e. The summed E-state index contributed by atoms with van der Waals surface area (Å²) < 4.78 is 129. The van der Waals surface area contributed by atoms with E-state index in [0.717, 1.165) is 18.9 Å². The summed E-state index contributed by atoms with van der Waals surface area (Å²) in [5.74, 6) is -0.938. The third-order valence-corrected chi connectivity index (χ3v) is 8.54. The second kappa shape index (κ2) is 15.5. The van der Waals surface area contributed by atoms with Crippen LogP contribution in [0.2, 0.25) is 0 Å². The summed E-state index contributed by atoms with van der Waals surface area (Å²) >= 11 is 0. The lowest BCUT2D eigenvalue weighted by Gasteiger charge is -2.35. The van der Waals surface area contributed by atoms with Crippen molar-refractivity contribution in [2.75, 3.05) is 22.9 Å². The molecule has 1 aliphatic rings. The Kier molecular flexibility index (Phi) is 12.5. The molecule has 1 N–H and O–H groups in total. The first kappa shape index (κ1) is 39.7. The molecule has 1 aliphatic carbocycles. The Hall–Kier alpha value is -3.69. The second-order valence-corrected chi connectivity index (χ2v) is 12.2. The van der Waals surface area contributed by atoms with Crippen molar-refractivity contribution < 1.29 is 53.9 Å². The van der Waals surface area contributed by atoms with E-state index in [0.29, 0.717) is 43.8 Å². The van der Waals surface area contributed by atoms with E-state index in [1.807, 2.05) is 11.8 Å². The van der Waals surface area contributed by atoms with Crippen LogP contribution in [0.5, 0.6) is 0 Å². The first-order chi connectivity index (χ1) is 22.2. The average Bonchev–Trinajstić information content (AvgIpc) is 3.41. The number of carboxylic acid groups (broad SMARTS) is 1. The molecule has 4 rings (SSSR count). The van der Waals surface area contributed by atoms with Gasteiger partial charge >= 0.3 is 24.5 Å². The van der Waals surface area contributed by atoms with Gasteiger partial charge in [-0.2, -0.15) is 44.5 Å². The number of rotatable bonds is 11. The molecular formula is C32H36ClF9N4O3. The molecule has 0 spiro atoms. The topological polar surface area (TPSA) is 82.7 Å². The Balaban J connectivity index is 0.00000650. The zero-order valence-electron chi connectivity index (χ0n) is 26.8. The van der Waals surface area contributed by atoms with Gasteiger partial charge < -0.3 is 19.4 Å². The average molecular weight is 731 g/mol. The molecule has 3 aromatic rings. The standard InChI is InChI=1S/C32H35F9N4O3.ClH/c1-4-44(15-21-7-5-20(6-8-21)12-28(46)47)27-9-18(2)26(32(39,40)41)13-23(27)17-45(29-42-19(3)48-43-29)16-22-10-24(30(33,34)35)14-25(11-22)31(36,37)38;/h9-11,13-14,20-21H,4-8,12,15-17H2,1-3H3,(H,46,47);1H. The van der Waals surface area contributed by atoms with E-state index >= 15 is 0 Å². The Bertz CT molecular complexity index is 1550. The van der Waals surface area contributed by atoms with Gasteiger partial charge in [0.15, 0.2) is 0 Å². The van der Waals surface area contributed by atoms with E-state index in [-0.39, 0.29) is 59.7 Å². The molecule has 272 valence electrons. The molecule has 0 radical (unpaired) electrons. The molecular weight excluding hydrogens is 695 g/mol. The van der Waals surface area contributed by atoms with Gasteiger partial charge in [0.2, 0.25) is 5.89 Å². The molecule has 7 nitrogen and oxygen atoms in total. The van der Waals surface area contributed by atoms with Crippen LogP contribution in [0.3, 0.4) is 0 Å². The third kappa shape index (κ3) is 10.4. The van der Waals surface area contributed by atoms with Gasteiger partial charge in [-0.05, 0) is 104 Å². The highest BCUT2D eigenvalue weighted by Gasteiger charge is 2.38. The number of carbonyl (C=O) groups is 1. The van der Waals surface area contributed by atoms with Crippen molar-refractivity contribution >= 4 is 30.0 Å². The van der Waals surface area contributed by atoms with Gasteiger partial charge in [-0.15, -0.1) is 12.4 Å². The van der Waals surface area contributed by atoms with E-state index in [1.165, 1.54) is 24.8 Å². The van der Waals surface area contributed by atoms with Crippen LogP contribution in [0.25, 0.3) is 0 Å². The van der Waals surface area contributed by atoms with Crippen LogP contribution >= 0.6 is 12.4 Å². The van der Waals surface area contributed by atoms with Gasteiger partial charge in [-0.1, -0.05) is 0 Å². The first-order valence-electron chi connectivity index (χ1n) is 15.3. The Labute approximate surface area is 282 Å². The lowest BCUT2D eigenvalue weighted by molar-refractivity contribution is -0.143. The molecule has 1 saturated carbocycles. The van der Waals surface area contributed by atoms with E-state index in [2.05, 4.69) is 10.1 Å². The van der Waals surface area contributed by atoms with Gasteiger partial charge in [0.05, 0.1) is 16.7 Å². The monoisotopic (exact) mass is 730 g/mol. The number of nitrogens with zero attached hydrogens (tertiary/aromatic N) is 4. The normalized spacial score (nSPS) is 17.1. The van der Waals surface area contributed by atoms with Crippen LogP contribution in [-0.2, 0) is 36.4 Å². The quantitative estimate of drug-likeness (QED) is 0.197. The maximum Gasteiger partial charge on any atom is 0.416 e. The number of benzene rings is 2. The number of anilines is 2. The van der Waals surface area contributed by atoms with E-state index in [1.54, 1.807) is 0 Å². The number of aromatic nitrogens is 2. The molecule has 1 heterocycles. The van der Waals surface area contributed by atoms with Crippen molar-refractivity contribution in [3.63, 3.8) is 0 Å². The summed E-state index contributed by atoms with van der Waals surface area (Å²) in [5.41, 5.74) is -4.02. The minimum Gasteiger partial charge on any atom is -0.481 e. The van der Waals surface area contributed by atoms with Crippen LogP contribution in [0.1, 0.15) is 78.3 Å². The summed E-state index contributed by atoms with van der Waals surface area (Å²) in [6.45, 7) is 4.30. The highest BCUT2D eigenvalue weighted by molar-refractivity contribution is 5.85. The van der Waals surface area contributed by atoms with Gasteiger partial charge in [0.1, 0.15) is 0 Å². The smallest absolute Gasteiger partial charge is 0.416 e. The minimum atomic E-state index is -5.11. The summed E-state index contributed by atoms with van der Waals surface area (Å²) in [6.07, 6.45) is -12.1. The molecule has 49 heavy (non-hydrogen) atoms. The van der Waals surface area contributed by atoms with Crippen molar-refractivity contribution in [1.82, 2.24) is 10.1 Å². The van der Waals surface area contributed by atoms with Crippen molar-refractivity contribution in [3.8, 4) is 0 Å². The molecule has 17 heteroatoms. The van der Waals surface area contributed by atoms with Gasteiger partial charge in [-0.3, -0.25) is 4.79 Å². The summed E-state index contributed by atoms with van der Waals surface area (Å²) in [6, 6.07) is 3.40. The number of halogens is 10. The fourth-order valence-corrected chi connectivity index (χ4v) is 6.19. The first-order valence-corrected chi connectivity index (χ1v) is 15.3. The van der Waals surface area contributed by atoms with Crippen LogP contribution in [-0.4, -0.2) is 34.3 Å². The molecule has 1 fully saturated rings. The molecule has 2 aromatic carbocycles. The highest BCUT2D eigenvalue weighted by atomic mass is 35.5. The number of hydrogen-bond acceptors (Lipinski definition) is 6. The van der Waals surface area contributed by atoms with Crippen molar-refractivity contribution in [3.05, 3.63) is 69.6 Å². The van der Waals surface area contributed by atoms with E-state index in [9.17, 15) is 44.3 Å². The zero-order valence-corrected chi connectivity index (χ0v) is 27.6.